The van der Waals surface area contributed by atoms with Crippen molar-refractivity contribution in [3.05, 3.63) is 35.6 Å². The zero-order valence-corrected chi connectivity index (χ0v) is 20.5. The van der Waals surface area contributed by atoms with Crippen LogP contribution in [-0.4, -0.2) is 99.2 Å². The molecule has 0 aromatic heterocycles. The number of piperazine rings is 1. The number of nitrogens with zero attached hydrogens (tertiary/aromatic N) is 4. The number of amides is 1. The molecule has 4 rings (SSSR count). The summed E-state index contributed by atoms with van der Waals surface area (Å²) in [5.41, 5.74) is 0.688. The minimum Gasteiger partial charge on any atom is -0.378 e. The molecule has 31 heavy (non-hydrogen) atoms. The van der Waals surface area contributed by atoms with Gasteiger partial charge >= 0.3 is 0 Å². The SMILES string of the molecule is CN=C(NCC1(c2ccccc2F)CC1)N1CCN(CC(=O)N2CCOCC2)CC1.I. The minimum atomic E-state index is -0.120. The fraction of sp³-hybridized carbons (Fsp3) is 0.636. The van der Waals surface area contributed by atoms with Gasteiger partial charge in [-0.1, -0.05) is 18.2 Å². The third kappa shape index (κ3) is 5.87. The molecule has 1 aliphatic carbocycles. The highest BCUT2D eigenvalue weighted by Crippen LogP contribution is 2.48. The highest BCUT2D eigenvalue weighted by molar-refractivity contribution is 14.0. The third-order valence-corrected chi connectivity index (χ3v) is 6.49. The second-order valence-corrected chi connectivity index (χ2v) is 8.42. The van der Waals surface area contributed by atoms with E-state index < -0.39 is 0 Å². The molecule has 0 unspecified atom stereocenters. The van der Waals surface area contributed by atoms with E-state index in [-0.39, 0.29) is 41.1 Å². The minimum absolute atomic E-state index is 0. The molecule has 7 nitrogen and oxygen atoms in total. The van der Waals surface area contributed by atoms with Crippen LogP contribution in [0.5, 0.6) is 0 Å². The molecule has 3 aliphatic rings. The van der Waals surface area contributed by atoms with E-state index in [1.165, 1.54) is 0 Å². The predicted molar refractivity (Wildman–Crippen MR) is 130 cm³/mol. The molecule has 0 atom stereocenters. The molecule has 2 aliphatic heterocycles. The van der Waals surface area contributed by atoms with Crippen LogP contribution in [0.4, 0.5) is 4.39 Å². The summed E-state index contributed by atoms with van der Waals surface area (Å²) in [6.45, 7) is 7.12. The van der Waals surface area contributed by atoms with Gasteiger partial charge in [-0.3, -0.25) is 14.7 Å². The zero-order chi connectivity index (χ0) is 21.0. The molecule has 0 bridgehead atoms. The van der Waals surface area contributed by atoms with E-state index in [2.05, 4.69) is 20.1 Å². The van der Waals surface area contributed by atoms with Crippen molar-refractivity contribution >= 4 is 35.8 Å². The summed E-state index contributed by atoms with van der Waals surface area (Å²) in [7, 11) is 1.79. The van der Waals surface area contributed by atoms with Gasteiger partial charge in [0.05, 0.1) is 19.8 Å². The number of benzene rings is 1. The van der Waals surface area contributed by atoms with Gasteiger partial charge in [0.25, 0.3) is 0 Å². The molecule has 1 amide bonds. The Bertz CT molecular complexity index is 775. The number of aliphatic imine (C=N–C) groups is 1. The summed E-state index contributed by atoms with van der Waals surface area (Å²) in [6, 6.07) is 7.09. The van der Waals surface area contributed by atoms with Gasteiger partial charge in [-0.2, -0.15) is 0 Å². The first-order valence-corrected chi connectivity index (χ1v) is 10.9. The predicted octanol–water partition coefficient (Wildman–Crippen LogP) is 1.53. The summed E-state index contributed by atoms with van der Waals surface area (Å²) in [6.07, 6.45) is 1.99. The van der Waals surface area contributed by atoms with Gasteiger partial charge in [0.2, 0.25) is 5.91 Å². The lowest BCUT2D eigenvalue weighted by molar-refractivity contribution is -0.136. The van der Waals surface area contributed by atoms with Gasteiger partial charge in [-0.15, -0.1) is 24.0 Å². The molecule has 3 fully saturated rings. The van der Waals surface area contributed by atoms with E-state index in [4.69, 9.17) is 4.74 Å². The first kappa shape index (κ1) is 24.2. The first-order chi connectivity index (χ1) is 14.6. The Morgan fingerprint density at radius 1 is 1.10 bits per heavy atom. The number of morpholine rings is 1. The van der Waals surface area contributed by atoms with E-state index in [1.807, 2.05) is 17.0 Å². The van der Waals surface area contributed by atoms with Crippen molar-refractivity contribution in [1.82, 2.24) is 20.0 Å². The first-order valence-electron chi connectivity index (χ1n) is 10.9. The molecule has 172 valence electrons. The molecule has 1 aromatic rings. The van der Waals surface area contributed by atoms with Crippen LogP contribution in [0.3, 0.4) is 0 Å². The average molecular weight is 545 g/mol. The topological polar surface area (TPSA) is 60.4 Å². The number of carbonyl (C=O) groups excluding carboxylic acids is 1. The van der Waals surface area contributed by atoms with E-state index in [1.54, 1.807) is 19.2 Å². The summed E-state index contributed by atoms with van der Waals surface area (Å²) >= 11 is 0. The fourth-order valence-electron chi connectivity index (χ4n) is 4.39. The Balaban J connectivity index is 0.00000272. The van der Waals surface area contributed by atoms with Crippen LogP contribution in [0.15, 0.2) is 29.3 Å². The van der Waals surface area contributed by atoms with E-state index in [0.29, 0.717) is 39.4 Å². The second-order valence-electron chi connectivity index (χ2n) is 8.42. The summed E-state index contributed by atoms with van der Waals surface area (Å²) < 4.78 is 19.6. The molecule has 1 saturated carbocycles. The Hall–Kier alpha value is -1.46. The molecular formula is C22H33FIN5O2. The molecule has 9 heteroatoms. The van der Waals surface area contributed by atoms with Gasteiger partial charge in [-0.25, -0.2) is 4.39 Å². The van der Waals surface area contributed by atoms with Crippen molar-refractivity contribution in [3.8, 4) is 0 Å². The fourth-order valence-corrected chi connectivity index (χ4v) is 4.39. The number of rotatable bonds is 5. The maximum atomic E-state index is 14.3. The number of carbonyl (C=O) groups is 1. The Labute approximate surface area is 201 Å². The lowest BCUT2D eigenvalue weighted by Gasteiger charge is -2.37. The Kier molecular flexibility index (Phi) is 8.51. The van der Waals surface area contributed by atoms with Crippen LogP contribution in [0, 0.1) is 5.82 Å². The number of hydrogen-bond donors (Lipinski definition) is 1. The van der Waals surface area contributed by atoms with Crippen LogP contribution < -0.4 is 5.32 Å². The second kappa shape index (κ2) is 10.9. The van der Waals surface area contributed by atoms with Gasteiger partial charge < -0.3 is 19.9 Å². The lowest BCUT2D eigenvalue weighted by atomic mass is 9.95. The standard InChI is InChI=1S/C22H32FN5O2.HI/c1-24-21(25-17-22(6-7-22)18-4-2-3-5-19(18)23)28-10-8-26(9-11-28)16-20(29)27-12-14-30-15-13-27;/h2-5H,6-17H2,1H3,(H,24,25);1H. The molecular weight excluding hydrogens is 512 g/mol. The number of guanidine groups is 1. The van der Waals surface area contributed by atoms with Crippen molar-refractivity contribution in [2.75, 3.05) is 72.6 Å². The Morgan fingerprint density at radius 2 is 1.77 bits per heavy atom. The van der Waals surface area contributed by atoms with Gasteiger partial charge in [-0.05, 0) is 24.5 Å². The average Bonchev–Trinajstić information content (AvgIpc) is 3.57. The largest absolute Gasteiger partial charge is 0.378 e. The van der Waals surface area contributed by atoms with Crippen LogP contribution in [0.1, 0.15) is 18.4 Å². The van der Waals surface area contributed by atoms with Crippen LogP contribution in [0.2, 0.25) is 0 Å². The van der Waals surface area contributed by atoms with Crippen LogP contribution in [-0.2, 0) is 14.9 Å². The lowest BCUT2D eigenvalue weighted by Crippen LogP contribution is -2.55. The van der Waals surface area contributed by atoms with Crippen molar-refractivity contribution < 1.29 is 13.9 Å². The molecule has 2 heterocycles. The molecule has 0 spiro atoms. The third-order valence-electron chi connectivity index (χ3n) is 6.49. The monoisotopic (exact) mass is 545 g/mol. The smallest absolute Gasteiger partial charge is 0.236 e. The number of ether oxygens (including phenoxy) is 1. The van der Waals surface area contributed by atoms with E-state index in [0.717, 1.165) is 50.5 Å². The number of hydrogen-bond acceptors (Lipinski definition) is 4. The van der Waals surface area contributed by atoms with Crippen molar-refractivity contribution in [1.29, 1.82) is 0 Å². The highest BCUT2D eigenvalue weighted by Gasteiger charge is 2.46. The molecule has 2 saturated heterocycles. The van der Waals surface area contributed by atoms with Gasteiger partial charge in [0, 0.05) is 58.3 Å². The molecule has 1 N–H and O–H groups in total. The maximum absolute atomic E-state index is 14.3. The quantitative estimate of drug-likeness (QED) is 0.346. The maximum Gasteiger partial charge on any atom is 0.236 e. The van der Waals surface area contributed by atoms with Crippen molar-refractivity contribution in [2.45, 2.75) is 18.3 Å². The molecule has 1 aromatic carbocycles. The highest BCUT2D eigenvalue weighted by atomic mass is 127. The van der Waals surface area contributed by atoms with E-state index in [9.17, 15) is 9.18 Å². The van der Waals surface area contributed by atoms with E-state index >= 15 is 0 Å². The van der Waals surface area contributed by atoms with Crippen LogP contribution >= 0.6 is 24.0 Å². The normalized spacial score (nSPS) is 21.4. The van der Waals surface area contributed by atoms with Gasteiger partial charge in [0.15, 0.2) is 5.96 Å². The zero-order valence-electron chi connectivity index (χ0n) is 18.2. The number of halogens is 2. The Morgan fingerprint density at radius 3 is 2.39 bits per heavy atom. The number of nitrogens with one attached hydrogen (secondary N) is 1. The summed E-state index contributed by atoms with van der Waals surface area (Å²) in [4.78, 5) is 23.3. The van der Waals surface area contributed by atoms with Crippen LogP contribution in [0.25, 0.3) is 0 Å². The molecule has 0 radical (unpaired) electrons. The van der Waals surface area contributed by atoms with Gasteiger partial charge in [0.1, 0.15) is 5.82 Å². The van der Waals surface area contributed by atoms with Crippen molar-refractivity contribution in [3.63, 3.8) is 0 Å². The summed E-state index contributed by atoms with van der Waals surface area (Å²) in [5, 5.41) is 3.48. The summed E-state index contributed by atoms with van der Waals surface area (Å²) in [5.74, 6) is 0.928. The van der Waals surface area contributed by atoms with Crippen molar-refractivity contribution in [2.24, 2.45) is 4.99 Å².